The molecule has 2 aliphatic carbocycles. The van der Waals surface area contributed by atoms with Crippen LogP contribution in [0.3, 0.4) is 0 Å². The third-order valence-electron chi connectivity index (χ3n) is 8.68. The Labute approximate surface area is 196 Å². The topological polar surface area (TPSA) is 85.8 Å². The van der Waals surface area contributed by atoms with Crippen molar-refractivity contribution in [2.24, 2.45) is 11.8 Å². The van der Waals surface area contributed by atoms with Crippen molar-refractivity contribution in [2.45, 2.75) is 102 Å². The third kappa shape index (κ3) is 4.75. The van der Waals surface area contributed by atoms with Crippen molar-refractivity contribution in [2.75, 3.05) is 16.8 Å². The molecule has 5 rings (SSSR count). The van der Waals surface area contributed by atoms with Crippen LogP contribution in [0.5, 0.6) is 0 Å². The predicted octanol–water partition coefficient (Wildman–Crippen LogP) is 4.29. The molecule has 2 unspecified atom stereocenters. The molecule has 0 spiro atoms. The number of anilines is 2. The third-order valence-corrected chi connectivity index (χ3v) is 8.68. The van der Waals surface area contributed by atoms with Gasteiger partial charge in [0.2, 0.25) is 5.91 Å². The number of hydrogen-bond acceptors (Lipinski definition) is 5. The van der Waals surface area contributed by atoms with Crippen molar-refractivity contribution in [3.8, 4) is 0 Å². The summed E-state index contributed by atoms with van der Waals surface area (Å²) in [5.74, 6) is 1.46. The van der Waals surface area contributed by atoms with E-state index < -0.39 is 5.97 Å². The first kappa shape index (κ1) is 22.6. The largest absolute Gasteiger partial charge is 0.480 e. The second-order valence-corrected chi connectivity index (χ2v) is 10.8. The molecule has 7 nitrogen and oxygen atoms in total. The lowest BCUT2D eigenvalue weighted by Gasteiger charge is -2.56. The molecule has 2 saturated carbocycles. The van der Waals surface area contributed by atoms with Gasteiger partial charge in [0.25, 0.3) is 0 Å². The number of nitrogens with one attached hydrogen (secondary N) is 1. The molecule has 1 amide bonds. The highest BCUT2D eigenvalue weighted by Gasteiger charge is 2.46. The normalized spacial score (nSPS) is 33.8. The Balaban J connectivity index is 1.36. The number of nitrogens with zero attached hydrogens (tertiary/aromatic N) is 3. The molecule has 2 saturated heterocycles. The molecule has 0 radical (unpaired) electrons. The highest BCUT2D eigenvalue weighted by Crippen LogP contribution is 2.46. The summed E-state index contributed by atoms with van der Waals surface area (Å²) in [6.45, 7) is 1.41. The van der Waals surface area contributed by atoms with E-state index in [0.717, 1.165) is 30.7 Å². The van der Waals surface area contributed by atoms with Crippen LogP contribution in [0.15, 0.2) is 18.3 Å². The maximum Gasteiger partial charge on any atom is 0.322 e. The molecule has 1 aromatic heterocycles. The quantitative estimate of drug-likeness (QED) is 0.667. The fourth-order valence-corrected chi connectivity index (χ4v) is 7.61. The molecule has 4 bridgehead atoms. The Bertz CT molecular complexity index is 851. The first-order chi connectivity index (χ1) is 16.0. The van der Waals surface area contributed by atoms with E-state index in [-0.39, 0.29) is 18.5 Å². The lowest BCUT2D eigenvalue weighted by atomic mass is 9.68. The van der Waals surface area contributed by atoms with E-state index >= 15 is 0 Å². The Hall–Kier alpha value is -2.15. The number of hydrogen-bond donors (Lipinski definition) is 2. The van der Waals surface area contributed by atoms with Gasteiger partial charge < -0.3 is 10.4 Å². The molecule has 180 valence electrons. The van der Waals surface area contributed by atoms with Crippen molar-refractivity contribution in [3.05, 3.63) is 18.3 Å². The number of rotatable bonds is 6. The van der Waals surface area contributed by atoms with E-state index in [9.17, 15) is 9.59 Å². The van der Waals surface area contributed by atoms with E-state index in [1.807, 2.05) is 11.0 Å². The average Bonchev–Trinajstić information content (AvgIpc) is 2.77. The summed E-state index contributed by atoms with van der Waals surface area (Å²) in [6, 6.07) is 5.50. The molecule has 2 aliphatic heterocycles. The predicted molar refractivity (Wildman–Crippen MR) is 128 cm³/mol. The maximum atomic E-state index is 12.9. The van der Waals surface area contributed by atoms with Gasteiger partial charge in [0.15, 0.2) is 5.82 Å². The van der Waals surface area contributed by atoms with Crippen LogP contribution in [0, 0.1) is 11.8 Å². The van der Waals surface area contributed by atoms with Crippen LogP contribution in [0.25, 0.3) is 0 Å². The fraction of sp³-hybridized carbons (Fsp3) is 0.731. The number of pyridine rings is 1. The maximum absolute atomic E-state index is 12.9. The molecule has 33 heavy (non-hydrogen) atoms. The Morgan fingerprint density at radius 3 is 2.33 bits per heavy atom. The number of carbonyl (C=O) groups is 2. The van der Waals surface area contributed by atoms with Gasteiger partial charge in [0, 0.05) is 37.3 Å². The number of aromatic nitrogens is 1. The Morgan fingerprint density at radius 2 is 1.70 bits per heavy atom. The summed E-state index contributed by atoms with van der Waals surface area (Å²) in [6.07, 6.45) is 15.8. The second-order valence-electron chi connectivity index (χ2n) is 10.8. The zero-order chi connectivity index (χ0) is 22.9. The number of amides is 1. The van der Waals surface area contributed by atoms with Crippen molar-refractivity contribution in [1.82, 2.24) is 9.88 Å². The van der Waals surface area contributed by atoms with Crippen LogP contribution in [-0.2, 0) is 9.59 Å². The van der Waals surface area contributed by atoms with E-state index in [4.69, 9.17) is 5.11 Å². The minimum absolute atomic E-state index is 0.0178. The fourth-order valence-electron chi connectivity index (χ4n) is 7.61. The summed E-state index contributed by atoms with van der Waals surface area (Å²) in [5.41, 5.74) is 0.614. The second kappa shape index (κ2) is 9.61. The van der Waals surface area contributed by atoms with E-state index in [0.29, 0.717) is 23.6 Å². The van der Waals surface area contributed by atoms with Gasteiger partial charge in [-0.25, -0.2) is 4.98 Å². The van der Waals surface area contributed by atoms with E-state index in [2.05, 4.69) is 15.2 Å². The van der Waals surface area contributed by atoms with E-state index in [1.165, 1.54) is 57.8 Å². The lowest BCUT2D eigenvalue weighted by Crippen LogP contribution is -2.61. The average molecular weight is 455 g/mol. The molecular weight excluding hydrogens is 416 g/mol. The lowest BCUT2D eigenvalue weighted by molar-refractivity contribution is -0.135. The molecule has 7 heteroatoms. The summed E-state index contributed by atoms with van der Waals surface area (Å²) in [4.78, 5) is 33.3. The van der Waals surface area contributed by atoms with Gasteiger partial charge in [0.05, 0.1) is 5.69 Å². The number of fused-ring (bicyclic) bond motifs is 4. The summed E-state index contributed by atoms with van der Waals surface area (Å²) >= 11 is 0. The van der Waals surface area contributed by atoms with Crippen LogP contribution < -0.4 is 10.2 Å². The molecular formula is C26H38N4O3. The molecule has 4 fully saturated rings. The SMILES string of the molecule is CC(=O)N(c1ncccc1NCC(=O)O)[C@H]1C[C@H]2CCC[C@@H](C1)N2C1CC2CCCC(C2)C1. The van der Waals surface area contributed by atoms with Crippen LogP contribution in [0.4, 0.5) is 11.5 Å². The van der Waals surface area contributed by atoms with Gasteiger partial charge in [0.1, 0.15) is 6.54 Å². The highest BCUT2D eigenvalue weighted by molar-refractivity contribution is 5.94. The first-order valence-corrected chi connectivity index (χ1v) is 13.0. The van der Waals surface area contributed by atoms with Gasteiger partial charge >= 0.3 is 5.97 Å². The smallest absolute Gasteiger partial charge is 0.322 e. The number of carbonyl (C=O) groups excluding carboxylic acids is 1. The zero-order valence-corrected chi connectivity index (χ0v) is 19.8. The van der Waals surface area contributed by atoms with Crippen molar-refractivity contribution in [3.63, 3.8) is 0 Å². The van der Waals surface area contributed by atoms with Crippen LogP contribution in [-0.4, -0.2) is 57.6 Å². The van der Waals surface area contributed by atoms with Crippen molar-refractivity contribution < 1.29 is 14.7 Å². The van der Waals surface area contributed by atoms with Gasteiger partial charge in [-0.1, -0.05) is 25.7 Å². The van der Waals surface area contributed by atoms with Gasteiger partial charge in [-0.2, -0.15) is 0 Å². The summed E-state index contributed by atoms with van der Waals surface area (Å²) in [5, 5.41) is 12.1. The zero-order valence-electron chi connectivity index (χ0n) is 19.8. The highest BCUT2D eigenvalue weighted by atomic mass is 16.4. The Kier molecular flexibility index (Phi) is 6.59. The van der Waals surface area contributed by atoms with Crippen LogP contribution in [0.1, 0.15) is 77.6 Å². The minimum atomic E-state index is -0.931. The van der Waals surface area contributed by atoms with Gasteiger partial charge in [-0.05, 0) is 68.9 Å². The number of carboxylic acid groups (broad SMARTS) is 1. The van der Waals surface area contributed by atoms with Crippen molar-refractivity contribution >= 4 is 23.4 Å². The first-order valence-electron chi connectivity index (χ1n) is 13.0. The molecule has 1 aromatic rings. The van der Waals surface area contributed by atoms with Gasteiger partial charge in [-0.15, -0.1) is 0 Å². The van der Waals surface area contributed by atoms with Crippen molar-refractivity contribution in [1.29, 1.82) is 0 Å². The summed E-state index contributed by atoms with van der Waals surface area (Å²) < 4.78 is 0. The Morgan fingerprint density at radius 1 is 1.03 bits per heavy atom. The standard InChI is InChI=1S/C26H38N4O3/c1-17(31)29(26-24(9-4-10-27-26)28-16-25(32)33)23-14-20-7-3-8-21(15-23)30(20)22-12-18-5-2-6-19(11-18)13-22/h4,9-10,18-23,28H,2-3,5-8,11-16H2,1H3,(H,32,33)/t18?,19?,20-,21+,22?,23+. The molecule has 2 N–H and O–H groups in total. The monoisotopic (exact) mass is 454 g/mol. The van der Waals surface area contributed by atoms with Gasteiger partial charge in [-0.3, -0.25) is 19.4 Å². The molecule has 0 aromatic carbocycles. The van der Waals surface area contributed by atoms with Crippen LogP contribution >= 0.6 is 0 Å². The minimum Gasteiger partial charge on any atom is -0.480 e. The number of piperidine rings is 2. The van der Waals surface area contributed by atoms with E-state index in [1.54, 1.807) is 19.2 Å². The molecule has 5 atom stereocenters. The summed E-state index contributed by atoms with van der Waals surface area (Å²) in [7, 11) is 0. The number of carboxylic acids is 1. The number of aliphatic carboxylic acids is 1. The molecule has 4 aliphatic rings. The molecule has 3 heterocycles. The van der Waals surface area contributed by atoms with Crippen LogP contribution in [0.2, 0.25) is 0 Å².